The zero-order valence-electron chi connectivity index (χ0n) is 11.7. The second-order valence-corrected chi connectivity index (χ2v) is 5.56. The van der Waals surface area contributed by atoms with Gasteiger partial charge in [-0.15, -0.1) is 0 Å². The molecule has 1 atom stereocenters. The minimum atomic E-state index is -0.648. The van der Waals surface area contributed by atoms with Crippen LogP contribution >= 0.6 is 0 Å². The summed E-state index contributed by atoms with van der Waals surface area (Å²) >= 11 is 0. The number of halogens is 2. The summed E-state index contributed by atoms with van der Waals surface area (Å²) in [6.07, 6.45) is 0. The van der Waals surface area contributed by atoms with Crippen molar-refractivity contribution in [2.45, 2.75) is 26.8 Å². The summed E-state index contributed by atoms with van der Waals surface area (Å²) in [6.45, 7) is 5.82. The Morgan fingerprint density at radius 3 is 2.42 bits per heavy atom. The fourth-order valence-electron chi connectivity index (χ4n) is 1.87. The van der Waals surface area contributed by atoms with E-state index in [-0.39, 0.29) is 17.9 Å². The van der Waals surface area contributed by atoms with E-state index in [9.17, 15) is 13.6 Å². The van der Waals surface area contributed by atoms with Crippen LogP contribution in [0, 0.1) is 17.0 Å². The predicted octanol–water partition coefficient (Wildman–Crippen LogP) is 2.39. The van der Waals surface area contributed by atoms with E-state index in [4.69, 9.17) is 0 Å². The second kappa shape index (κ2) is 6.10. The zero-order valence-corrected chi connectivity index (χ0v) is 11.7. The van der Waals surface area contributed by atoms with Gasteiger partial charge in [0.15, 0.2) is 0 Å². The van der Waals surface area contributed by atoms with E-state index in [1.165, 1.54) is 12.1 Å². The lowest BCUT2D eigenvalue weighted by atomic mass is 9.82. The van der Waals surface area contributed by atoms with Gasteiger partial charge in [-0.2, -0.15) is 0 Å². The Kier molecular flexibility index (Phi) is 5.00. The average molecular weight is 270 g/mol. The quantitative estimate of drug-likeness (QED) is 0.882. The van der Waals surface area contributed by atoms with Crippen molar-refractivity contribution in [1.82, 2.24) is 10.6 Å². The van der Waals surface area contributed by atoms with E-state index in [2.05, 4.69) is 10.6 Å². The van der Waals surface area contributed by atoms with Gasteiger partial charge in [-0.05, 0) is 18.5 Å². The minimum absolute atomic E-state index is 0.148. The minimum Gasteiger partial charge on any atom is -0.348 e. The van der Waals surface area contributed by atoms with E-state index in [0.717, 1.165) is 6.07 Å². The monoisotopic (exact) mass is 270 g/mol. The molecule has 1 aromatic rings. The van der Waals surface area contributed by atoms with Crippen LogP contribution in [0.3, 0.4) is 0 Å². The lowest BCUT2D eigenvalue weighted by Crippen LogP contribution is -2.40. The van der Waals surface area contributed by atoms with Gasteiger partial charge in [0.05, 0.1) is 12.6 Å². The number of nitrogens with one attached hydrogen (secondary N) is 2. The Morgan fingerprint density at radius 1 is 1.32 bits per heavy atom. The molecule has 106 valence electrons. The molecule has 2 N–H and O–H groups in total. The highest BCUT2D eigenvalue weighted by Crippen LogP contribution is 2.34. The summed E-state index contributed by atoms with van der Waals surface area (Å²) in [5, 5.41) is 5.50. The molecule has 1 amide bonds. The van der Waals surface area contributed by atoms with Crippen LogP contribution in [0.15, 0.2) is 18.2 Å². The summed E-state index contributed by atoms with van der Waals surface area (Å²) < 4.78 is 26.8. The van der Waals surface area contributed by atoms with Crippen molar-refractivity contribution in [2.24, 2.45) is 5.41 Å². The van der Waals surface area contributed by atoms with Crippen LogP contribution in [0.5, 0.6) is 0 Å². The first kappa shape index (κ1) is 15.6. The molecule has 0 spiro atoms. The summed E-state index contributed by atoms with van der Waals surface area (Å²) in [5.74, 6) is -1.51. The number of likely N-dealkylation sites (N-methyl/N-ethyl adjacent to an activating group) is 1. The molecule has 0 radical (unpaired) electrons. The molecule has 5 heteroatoms. The highest BCUT2D eigenvalue weighted by atomic mass is 19.1. The maximum atomic E-state index is 13.9. The fourth-order valence-corrected chi connectivity index (χ4v) is 1.87. The molecule has 1 rings (SSSR count). The summed E-state index contributed by atoms with van der Waals surface area (Å²) in [4.78, 5) is 11.7. The molecule has 0 aliphatic rings. The van der Waals surface area contributed by atoms with Gasteiger partial charge in [0.25, 0.3) is 0 Å². The number of hydrogen-bond donors (Lipinski definition) is 2. The van der Waals surface area contributed by atoms with Crippen molar-refractivity contribution in [1.29, 1.82) is 0 Å². The molecule has 0 fully saturated rings. The molecule has 1 unspecified atom stereocenters. The van der Waals surface area contributed by atoms with Gasteiger partial charge in [-0.3, -0.25) is 4.79 Å². The van der Waals surface area contributed by atoms with Crippen LogP contribution in [-0.2, 0) is 4.79 Å². The standard InChI is InChI=1S/C14H20F2N2O/c1-14(2,3)13(18-12(19)8-17-4)10-6-5-9(15)7-11(10)16/h5-7,13,17H,8H2,1-4H3,(H,18,19). The van der Waals surface area contributed by atoms with Gasteiger partial charge in [-0.25, -0.2) is 8.78 Å². The normalized spacial score (nSPS) is 13.2. The molecule has 0 heterocycles. The Morgan fingerprint density at radius 2 is 1.95 bits per heavy atom. The van der Waals surface area contributed by atoms with E-state index in [1.807, 2.05) is 20.8 Å². The topological polar surface area (TPSA) is 41.1 Å². The number of amides is 1. The number of benzene rings is 1. The third-order valence-corrected chi connectivity index (χ3v) is 2.78. The molecule has 19 heavy (non-hydrogen) atoms. The SMILES string of the molecule is CNCC(=O)NC(c1ccc(F)cc1F)C(C)(C)C. The Bertz CT molecular complexity index is 455. The van der Waals surface area contributed by atoms with Crippen molar-refractivity contribution in [3.8, 4) is 0 Å². The number of carbonyl (C=O) groups excluding carboxylic acids is 1. The largest absolute Gasteiger partial charge is 0.348 e. The zero-order chi connectivity index (χ0) is 14.6. The Hall–Kier alpha value is -1.49. The van der Waals surface area contributed by atoms with Gasteiger partial charge in [0, 0.05) is 11.6 Å². The van der Waals surface area contributed by atoms with E-state index in [1.54, 1.807) is 7.05 Å². The van der Waals surface area contributed by atoms with Crippen molar-refractivity contribution < 1.29 is 13.6 Å². The molecule has 0 bridgehead atoms. The highest BCUT2D eigenvalue weighted by molar-refractivity contribution is 5.78. The van der Waals surface area contributed by atoms with Crippen LogP contribution < -0.4 is 10.6 Å². The van der Waals surface area contributed by atoms with Gasteiger partial charge in [0.1, 0.15) is 11.6 Å². The molecular weight excluding hydrogens is 250 g/mol. The van der Waals surface area contributed by atoms with Crippen molar-refractivity contribution in [3.63, 3.8) is 0 Å². The first-order valence-electron chi connectivity index (χ1n) is 6.14. The summed E-state index contributed by atoms with van der Waals surface area (Å²) in [5.41, 5.74) is -0.0967. The lowest BCUT2D eigenvalue weighted by Gasteiger charge is -2.32. The van der Waals surface area contributed by atoms with Gasteiger partial charge in [-0.1, -0.05) is 26.8 Å². The molecule has 3 nitrogen and oxygen atoms in total. The number of rotatable bonds is 4. The van der Waals surface area contributed by atoms with Crippen LogP contribution in [0.4, 0.5) is 8.78 Å². The molecule has 1 aromatic carbocycles. The molecule has 0 aromatic heterocycles. The molecule has 0 aliphatic carbocycles. The van der Waals surface area contributed by atoms with Gasteiger partial charge >= 0.3 is 0 Å². The maximum Gasteiger partial charge on any atom is 0.234 e. The first-order chi connectivity index (χ1) is 8.75. The van der Waals surface area contributed by atoms with Crippen LogP contribution in [0.2, 0.25) is 0 Å². The molecule has 0 aliphatic heterocycles. The van der Waals surface area contributed by atoms with E-state index < -0.39 is 17.7 Å². The Labute approximate surface area is 112 Å². The highest BCUT2D eigenvalue weighted by Gasteiger charge is 2.29. The first-order valence-corrected chi connectivity index (χ1v) is 6.14. The van der Waals surface area contributed by atoms with Crippen LogP contribution in [0.1, 0.15) is 32.4 Å². The fraction of sp³-hybridized carbons (Fsp3) is 0.500. The van der Waals surface area contributed by atoms with Crippen LogP contribution in [-0.4, -0.2) is 19.5 Å². The average Bonchev–Trinajstić information content (AvgIpc) is 2.25. The summed E-state index contributed by atoms with van der Waals surface area (Å²) in [7, 11) is 1.66. The third kappa shape index (κ3) is 4.28. The number of hydrogen-bond acceptors (Lipinski definition) is 2. The molecule has 0 saturated carbocycles. The molecular formula is C14H20F2N2O. The van der Waals surface area contributed by atoms with Gasteiger partial charge < -0.3 is 10.6 Å². The Balaban J connectivity index is 3.07. The predicted molar refractivity (Wildman–Crippen MR) is 70.6 cm³/mol. The van der Waals surface area contributed by atoms with Crippen LogP contribution in [0.25, 0.3) is 0 Å². The van der Waals surface area contributed by atoms with E-state index >= 15 is 0 Å². The number of carbonyl (C=O) groups is 1. The third-order valence-electron chi connectivity index (χ3n) is 2.78. The smallest absolute Gasteiger partial charge is 0.234 e. The van der Waals surface area contributed by atoms with Crippen molar-refractivity contribution in [3.05, 3.63) is 35.4 Å². The molecule has 0 saturated heterocycles. The maximum absolute atomic E-state index is 13.9. The van der Waals surface area contributed by atoms with Crippen molar-refractivity contribution in [2.75, 3.05) is 13.6 Å². The summed E-state index contributed by atoms with van der Waals surface area (Å²) in [6, 6.07) is 2.88. The lowest BCUT2D eigenvalue weighted by molar-refractivity contribution is -0.121. The van der Waals surface area contributed by atoms with E-state index in [0.29, 0.717) is 5.56 Å². The van der Waals surface area contributed by atoms with Gasteiger partial charge in [0.2, 0.25) is 5.91 Å². The van der Waals surface area contributed by atoms with Crippen molar-refractivity contribution >= 4 is 5.91 Å². The second-order valence-electron chi connectivity index (χ2n) is 5.56.